The SMILES string of the molecule is Cc1ccnc(Nc2ncnc(Nc3cccc(Cl)c3)c2[N+](=O)[O-])c1. The van der Waals surface area contributed by atoms with Crippen LogP contribution in [0.3, 0.4) is 0 Å². The van der Waals surface area contributed by atoms with Crippen LogP contribution in [0.4, 0.5) is 28.8 Å². The van der Waals surface area contributed by atoms with Crippen LogP contribution in [0, 0.1) is 17.0 Å². The lowest BCUT2D eigenvalue weighted by Gasteiger charge is -2.10. The van der Waals surface area contributed by atoms with E-state index in [2.05, 4.69) is 25.6 Å². The van der Waals surface area contributed by atoms with Gasteiger partial charge in [-0.15, -0.1) is 0 Å². The summed E-state index contributed by atoms with van der Waals surface area (Å²) in [7, 11) is 0. The lowest BCUT2D eigenvalue weighted by atomic mass is 10.3. The maximum atomic E-state index is 11.6. The van der Waals surface area contributed by atoms with Crippen LogP contribution in [0.15, 0.2) is 48.9 Å². The summed E-state index contributed by atoms with van der Waals surface area (Å²) in [6, 6.07) is 10.4. The summed E-state index contributed by atoms with van der Waals surface area (Å²) in [6.07, 6.45) is 2.84. The molecule has 0 amide bonds. The Morgan fingerprint density at radius 3 is 2.52 bits per heavy atom. The van der Waals surface area contributed by atoms with Crippen LogP contribution in [0.25, 0.3) is 0 Å². The number of anilines is 4. The van der Waals surface area contributed by atoms with E-state index in [9.17, 15) is 10.1 Å². The largest absolute Gasteiger partial charge is 0.353 e. The highest BCUT2D eigenvalue weighted by Crippen LogP contribution is 2.33. The third-order valence-corrected chi connectivity index (χ3v) is 3.49. The van der Waals surface area contributed by atoms with Crippen LogP contribution in [-0.2, 0) is 0 Å². The van der Waals surface area contributed by atoms with Gasteiger partial charge in [-0.2, -0.15) is 0 Å². The molecule has 25 heavy (non-hydrogen) atoms. The van der Waals surface area contributed by atoms with Crippen molar-refractivity contribution in [3.8, 4) is 0 Å². The predicted molar refractivity (Wildman–Crippen MR) is 95.7 cm³/mol. The van der Waals surface area contributed by atoms with E-state index in [4.69, 9.17) is 11.6 Å². The summed E-state index contributed by atoms with van der Waals surface area (Å²) in [6.45, 7) is 1.90. The molecule has 126 valence electrons. The zero-order valence-electron chi connectivity index (χ0n) is 13.1. The zero-order valence-corrected chi connectivity index (χ0v) is 13.9. The van der Waals surface area contributed by atoms with Crippen molar-refractivity contribution in [3.05, 3.63) is 69.6 Å². The first-order chi connectivity index (χ1) is 12.0. The smallest absolute Gasteiger partial charge is 0.334 e. The number of hydrogen-bond donors (Lipinski definition) is 2. The molecule has 0 radical (unpaired) electrons. The molecule has 0 atom stereocenters. The highest BCUT2D eigenvalue weighted by atomic mass is 35.5. The maximum absolute atomic E-state index is 11.6. The average molecular weight is 357 g/mol. The molecular formula is C16H13ClN6O2. The van der Waals surface area contributed by atoms with Gasteiger partial charge in [-0.3, -0.25) is 10.1 Å². The predicted octanol–water partition coefficient (Wildman–Crippen LogP) is 4.23. The minimum atomic E-state index is -0.551. The molecule has 0 bridgehead atoms. The van der Waals surface area contributed by atoms with Crippen LogP contribution in [0.2, 0.25) is 5.02 Å². The fourth-order valence-corrected chi connectivity index (χ4v) is 2.35. The van der Waals surface area contributed by atoms with E-state index in [-0.39, 0.29) is 17.3 Å². The number of rotatable bonds is 5. The molecule has 0 saturated carbocycles. The quantitative estimate of drug-likeness (QED) is 0.520. The number of pyridine rings is 1. The molecule has 1 aromatic carbocycles. The van der Waals surface area contributed by atoms with Crippen LogP contribution < -0.4 is 10.6 Å². The molecule has 0 fully saturated rings. The van der Waals surface area contributed by atoms with E-state index < -0.39 is 4.92 Å². The van der Waals surface area contributed by atoms with Gasteiger partial charge < -0.3 is 10.6 Å². The van der Waals surface area contributed by atoms with Crippen molar-refractivity contribution in [2.45, 2.75) is 6.92 Å². The van der Waals surface area contributed by atoms with Crippen molar-refractivity contribution in [1.29, 1.82) is 0 Å². The molecular weight excluding hydrogens is 344 g/mol. The average Bonchev–Trinajstić information content (AvgIpc) is 2.55. The summed E-state index contributed by atoms with van der Waals surface area (Å²) in [5.74, 6) is 0.551. The second-order valence-electron chi connectivity index (χ2n) is 5.16. The molecule has 9 heteroatoms. The molecule has 0 aliphatic carbocycles. The van der Waals surface area contributed by atoms with Crippen molar-refractivity contribution in [2.75, 3.05) is 10.6 Å². The molecule has 2 N–H and O–H groups in total. The molecule has 0 saturated heterocycles. The second-order valence-corrected chi connectivity index (χ2v) is 5.59. The van der Waals surface area contributed by atoms with Crippen molar-refractivity contribution in [1.82, 2.24) is 15.0 Å². The van der Waals surface area contributed by atoms with E-state index in [0.717, 1.165) is 5.56 Å². The summed E-state index contributed by atoms with van der Waals surface area (Å²) >= 11 is 5.94. The summed E-state index contributed by atoms with van der Waals surface area (Å²) < 4.78 is 0. The molecule has 2 aromatic heterocycles. The van der Waals surface area contributed by atoms with Crippen LogP contribution in [0.5, 0.6) is 0 Å². The number of hydrogen-bond acceptors (Lipinski definition) is 7. The van der Waals surface area contributed by atoms with Gasteiger partial charge in [-0.05, 0) is 42.8 Å². The monoisotopic (exact) mass is 356 g/mol. The Labute approximate surface area is 148 Å². The van der Waals surface area contributed by atoms with Gasteiger partial charge in [0, 0.05) is 16.9 Å². The molecule has 8 nitrogen and oxygen atoms in total. The fourth-order valence-electron chi connectivity index (χ4n) is 2.16. The Morgan fingerprint density at radius 2 is 1.84 bits per heavy atom. The van der Waals surface area contributed by atoms with Gasteiger partial charge in [-0.25, -0.2) is 15.0 Å². The first-order valence-electron chi connectivity index (χ1n) is 7.24. The fraction of sp³-hybridized carbons (Fsp3) is 0.0625. The number of aryl methyl sites for hydroxylation is 1. The number of nitro groups is 1. The van der Waals surface area contributed by atoms with Gasteiger partial charge in [0.25, 0.3) is 0 Å². The van der Waals surface area contributed by atoms with Crippen molar-refractivity contribution >= 4 is 40.4 Å². The lowest BCUT2D eigenvalue weighted by Crippen LogP contribution is -2.06. The van der Waals surface area contributed by atoms with E-state index >= 15 is 0 Å². The Morgan fingerprint density at radius 1 is 1.08 bits per heavy atom. The number of aromatic nitrogens is 3. The maximum Gasteiger partial charge on any atom is 0.353 e. The molecule has 0 spiro atoms. The third-order valence-electron chi connectivity index (χ3n) is 3.25. The second kappa shape index (κ2) is 7.10. The topological polar surface area (TPSA) is 106 Å². The van der Waals surface area contributed by atoms with Gasteiger partial charge in [0.15, 0.2) is 0 Å². The van der Waals surface area contributed by atoms with Gasteiger partial charge in [0.2, 0.25) is 11.6 Å². The van der Waals surface area contributed by atoms with E-state index in [0.29, 0.717) is 16.5 Å². The van der Waals surface area contributed by atoms with Crippen molar-refractivity contribution in [3.63, 3.8) is 0 Å². The highest BCUT2D eigenvalue weighted by Gasteiger charge is 2.23. The first kappa shape index (κ1) is 16.6. The van der Waals surface area contributed by atoms with Crippen molar-refractivity contribution in [2.24, 2.45) is 0 Å². The van der Waals surface area contributed by atoms with Crippen LogP contribution in [-0.4, -0.2) is 19.9 Å². The Balaban J connectivity index is 1.98. The Hall–Kier alpha value is -3.26. The summed E-state index contributed by atoms with van der Waals surface area (Å²) in [5, 5.41) is 17.8. The molecule has 2 heterocycles. The minimum absolute atomic E-state index is 0.0441. The van der Waals surface area contributed by atoms with E-state index in [1.807, 2.05) is 13.0 Å². The molecule has 0 aliphatic heterocycles. The molecule has 0 aliphatic rings. The van der Waals surface area contributed by atoms with Gasteiger partial charge in [-0.1, -0.05) is 17.7 Å². The van der Waals surface area contributed by atoms with Gasteiger partial charge >= 0.3 is 5.69 Å². The highest BCUT2D eigenvalue weighted by molar-refractivity contribution is 6.30. The van der Waals surface area contributed by atoms with Crippen molar-refractivity contribution < 1.29 is 4.92 Å². The van der Waals surface area contributed by atoms with Gasteiger partial charge in [0.1, 0.15) is 12.1 Å². The lowest BCUT2D eigenvalue weighted by molar-refractivity contribution is -0.383. The van der Waals surface area contributed by atoms with Crippen LogP contribution >= 0.6 is 11.6 Å². The number of halogens is 1. The first-order valence-corrected chi connectivity index (χ1v) is 7.62. The Kier molecular flexibility index (Phi) is 4.71. The standard InChI is InChI=1S/C16H13ClN6O2/c1-10-5-6-18-13(7-10)22-16-14(23(24)25)15(19-9-20-16)21-12-4-2-3-11(17)8-12/h2-9H,1H3,(H2,18,19,20,21,22). The number of nitrogens with one attached hydrogen (secondary N) is 2. The number of nitrogens with zero attached hydrogens (tertiary/aromatic N) is 4. The van der Waals surface area contributed by atoms with E-state index in [1.165, 1.54) is 6.33 Å². The third kappa shape index (κ3) is 3.99. The Bertz CT molecular complexity index is 868. The molecule has 3 rings (SSSR count). The zero-order chi connectivity index (χ0) is 17.8. The van der Waals surface area contributed by atoms with Gasteiger partial charge in [0.05, 0.1) is 4.92 Å². The molecule has 3 aromatic rings. The normalized spacial score (nSPS) is 10.3. The molecule has 0 unspecified atom stereocenters. The van der Waals surface area contributed by atoms with E-state index in [1.54, 1.807) is 36.5 Å². The van der Waals surface area contributed by atoms with Crippen LogP contribution in [0.1, 0.15) is 5.56 Å². The number of benzene rings is 1. The minimum Gasteiger partial charge on any atom is -0.334 e. The summed E-state index contributed by atoms with van der Waals surface area (Å²) in [4.78, 5) is 23.1. The summed E-state index contributed by atoms with van der Waals surface area (Å²) in [5.41, 5.74) is 1.26.